The number of carbonyl (C=O) groups excluding carboxylic acids is 1. The Hall–Kier alpha value is -1.20. The van der Waals surface area contributed by atoms with Crippen LogP contribution in [-0.2, 0) is 9.53 Å². The molecule has 0 heterocycles. The van der Waals surface area contributed by atoms with Crippen molar-refractivity contribution in [2.24, 2.45) is 11.1 Å². The maximum absolute atomic E-state index is 12.0. The Morgan fingerprint density at radius 1 is 1.17 bits per heavy atom. The van der Waals surface area contributed by atoms with Crippen molar-refractivity contribution < 1.29 is 9.53 Å². The predicted molar refractivity (Wildman–Crippen MR) is 102 cm³/mol. The first-order valence-corrected chi connectivity index (χ1v) is 8.42. The Bertz CT molecular complexity index is 690. The number of hydrogen-bond acceptors (Lipinski definition) is 4. The highest BCUT2D eigenvalue weighted by Gasteiger charge is 2.37. The Labute approximate surface area is 158 Å². The second kappa shape index (κ2) is 8.77. The monoisotopic (exact) mass is 385 g/mol. The molecule has 0 aliphatic heterocycles. The van der Waals surface area contributed by atoms with Crippen molar-refractivity contribution >= 4 is 41.7 Å². The van der Waals surface area contributed by atoms with Crippen LogP contribution in [0.15, 0.2) is 58.3 Å². The molecule has 2 aromatic rings. The number of rotatable bonds is 5. The van der Waals surface area contributed by atoms with Crippen LogP contribution < -0.4 is 5.73 Å². The van der Waals surface area contributed by atoms with Gasteiger partial charge in [0.05, 0.1) is 12.5 Å². The molecule has 0 aliphatic rings. The second-order valence-corrected chi connectivity index (χ2v) is 7.34. The van der Waals surface area contributed by atoms with Crippen LogP contribution in [0.5, 0.6) is 0 Å². The molecule has 0 saturated carbocycles. The van der Waals surface area contributed by atoms with Gasteiger partial charge in [0.25, 0.3) is 0 Å². The second-order valence-electron chi connectivity index (χ2n) is 5.78. The lowest BCUT2D eigenvalue weighted by Crippen LogP contribution is -2.37. The van der Waals surface area contributed by atoms with E-state index in [2.05, 4.69) is 0 Å². The Balaban J connectivity index is 0.00000288. The number of hydrogen-bond donors (Lipinski definition) is 1. The van der Waals surface area contributed by atoms with E-state index in [4.69, 9.17) is 22.1 Å². The van der Waals surface area contributed by atoms with Crippen molar-refractivity contribution in [1.29, 1.82) is 0 Å². The van der Waals surface area contributed by atoms with Gasteiger partial charge in [-0.2, -0.15) is 0 Å². The molecule has 0 bridgehead atoms. The molecule has 0 aromatic heterocycles. The van der Waals surface area contributed by atoms with Crippen molar-refractivity contribution in [2.45, 2.75) is 29.7 Å². The molecular weight excluding hydrogens is 365 g/mol. The van der Waals surface area contributed by atoms with Crippen LogP contribution in [0.2, 0.25) is 5.02 Å². The van der Waals surface area contributed by atoms with Gasteiger partial charge in [-0.05, 0) is 49.7 Å². The van der Waals surface area contributed by atoms with Crippen LogP contribution in [0, 0.1) is 5.41 Å². The summed E-state index contributed by atoms with van der Waals surface area (Å²) in [6.07, 6.45) is 0. The third-order valence-electron chi connectivity index (χ3n) is 3.78. The van der Waals surface area contributed by atoms with Gasteiger partial charge in [-0.25, -0.2) is 0 Å². The number of halogens is 2. The number of methoxy groups -OCH3 is 1. The standard InChI is InChI=1S/C18H20ClNO2S.ClH/c1-18(2,17(21)22-3)16(20)14-6-4-5-7-15(14)23-13-10-8-12(19)9-11-13;/h4-11,16H,20H2,1-3H3;1H/t16-;/m1./s1. The first-order valence-electron chi connectivity index (χ1n) is 7.22. The minimum Gasteiger partial charge on any atom is -0.469 e. The zero-order chi connectivity index (χ0) is 17.0. The lowest BCUT2D eigenvalue weighted by Gasteiger charge is -2.30. The van der Waals surface area contributed by atoms with E-state index in [0.717, 1.165) is 15.4 Å². The Morgan fingerprint density at radius 2 is 1.75 bits per heavy atom. The van der Waals surface area contributed by atoms with E-state index >= 15 is 0 Å². The fraction of sp³-hybridized carbons (Fsp3) is 0.278. The molecule has 2 N–H and O–H groups in total. The van der Waals surface area contributed by atoms with Crippen molar-refractivity contribution in [3.05, 3.63) is 59.1 Å². The molecule has 130 valence electrons. The lowest BCUT2D eigenvalue weighted by atomic mass is 9.81. The summed E-state index contributed by atoms with van der Waals surface area (Å²) in [4.78, 5) is 14.1. The first kappa shape index (κ1) is 20.8. The van der Waals surface area contributed by atoms with E-state index in [-0.39, 0.29) is 18.4 Å². The smallest absolute Gasteiger partial charge is 0.313 e. The summed E-state index contributed by atoms with van der Waals surface area (Å²) in [6.45, 7) is 3.60. The summed E-state index contributed by atoms with van der Waals surface area (Å²) in [5.74, 6) is -0.323. The molecule has 24 heavy (non-hydrogen) atoms. The van der Waals surface area contributed by atoms with E-state index in [1.807, 2.05) is 48.5 Å². The molecule has 0 fully saturated rings. The molecular formula is C18H21Cl2NO2S. The molecule has 2 rings (SSSR count). The SMILES string of the molecule is COC(=O)C(C)(C)[C@H](N)c1ccccc1Sc1ccc(Cl)cc1.Cl. The zero-order valence-electron chi connectivity index (χ0n) is 13.8. The highest BCUT2D eigenvalue weighted by Crippen LogP contribution is 2.39. The molecule has 0 spiro atoms. The summed E-state index contributed by atoms with van der Waals surface area (Å²) >= 11 is 7.52. The average Bonchev–Trinajstić information content (AvgIpc) is 2.56. The summed E-state index contributed by atoms with van der Waals surface area (Å²) in [7, 11) is 1.38. The van der Waals surface area contributed by atoms with Crippen molar-refractivity contribution in [3.8, 4) is 0 Å². The fourth-order valence-corrected chi connectivity index (χ4v) is 3.35. The molecule has 1 atom stereocenters. The molecule has 0 radical (unpaired) electrons. The van der Waals surface area contributed by atoms with Gasteiger partial charge in [0.2, 0.25) is 0 Å². The maximum atomic E-state index is 12.0. The van der Waals surface area contributed by atoms with Gasteiger partial charge in [0.15, 0.2) is 0 Å². The fourth-order valence-electron chi connectivity index (χ4n) is 2.24. The van der Waals surface area contributed by atoms with Crippen molar-refractivity contribution in [3.63, 3.8) is 0 Å². The van der Waals surface area contributed by atoms with Crippen LogP contribution in [-0.4, -0.2) is 13.1 Å². The van der Waals surface area contributed by atoms with Crippen LogP contribution in [0.4, 0.5) is 0 Å². The Morgan fingerprint density at radius 3 is 2.33 bits per heavy atom. The van der Waals surface area contributed by atoms with Gasteiger partial charge in [-0.15, -0.1) is 12.4 Å². The number of benzene rings is 2. The van der Waals surface area contributed by atoms with Crippen LogP contribution in [0.25, 0.3) is 0 Å². The number of ether oxygens (including phenoxy) is 1. The third-order valence-corrected chi connectivity index (χ3v) is 5.14. The Kier molecular flexibility index (Phi) is 7.61. The van der Waals surface area contributed by atoms with Gasteiger partial charge in [0.1, 0.15) is 0 Å². The van der Waals surface area contributed by atoms with E-state index in [9.17, 15) is 4.79 Å². The van der Waals surface area contributed by atoms with Crippen molar-refractivity contribution in [2.75, 3.05) is 7.11 Å². The van der Waals surface area contributed by atoms with E-state index in [1.54, 1.807) is 25.6 Å². The molecule has 3 nitrogen and oxygen atoms in total. The van der Waals surface area contributed by atoms with E-state index < -0.39 is 11.5 Å². The quantitative estimate of drug-likeness (QED) is 0.726. The van der Waals surface area contributed by atoms with E-state index in [1.165, 1.54) is 7.11 Å². The summed E-state index contributed by atoms with van der Waals surface area (Å²) in [5.41, 5.74) is 6.50. The van der Waals surface area contributed by atoms with Gasteiger partial charge >= 0.3 is 5.97 Å². The first-order chi connectivity index (χ1) is 10.9. The van der Waals surface area contributed by atoms with Crippen molar-refractivity contribution in [1.82, 2.24) is 0 Å². The van der Waals surface area contributed by atoms with Gasteiger partial charge < -0.3 is 10.5 Å². The summed E-state index contributed by atoms with van der Waals surface area (Å²) in [6, 6.07) is 15.0. The molecule has 6 heteroatoms. The van der Waals surface area contributed by atoms with Gasteiger partial charge in [0, 0.05) is 20.9 Å². The number of esters is 1. The van der Waals surface area contributed by atoms with E-state index in [0.29, 0.717) is 5.02 Å². The zero-order valence-corrected chi connectivity index (χ0v) is 16.2. The molecule has 2 aromatic carbocycles. The molecule has 0 amide bonds. The van der Waals surface area contributed by atoms with Gasteiger partial charge in [-0.1, -0.05) is 41.6 Å². The third kappa shape index (κ3) is 4.67. The summed E-state index contributed by atoms with van der Waals surface area (Å²) in [5, 5.41) is 0.700. The minimum absolute atomic E-state index is 0. The average molecular weight is 386 g/mol. The maximum Gasteiger partial charge on any atom is 0.313 e. The molecule has 0 aliphatic carbocycles. The summed E-state index contributed by atoms with van der Waals surface area (Å²) < 4.78 is 4.89. The molecule has 0 unspecified atom stereocenters. The van der Waals surface area contributed by atoms with Crippen LogP contribution >= 0.6 is 35.8 Å². The van der Waals surface area contributed by atoms with Crippen LogP contribution in [0.1, 0.15) is 25.5 Å². The highest BCUT2D eigenvalue weighted by molar-refractivity contribution is 7.99. The minimum atomic E-state index is -0.814. The lowest BCUT2D eigenvalue weighted by molar-refractivity contribution is -0.152. The predicted octanol–water partition coefficient (Wildman–Crippen LogP) is 5.11. The topological polar surface area (TPSA) is 52.3 Å². The van der Waals surface area contributed by atoms with Gasteiger partial charge in [-0.3, -0.25) is 4.79 Å². The normalized spacial score (nSPS) is 12.2. The molecule has 0 saturated heterocycles. The largest absolute Gasteiger partial charge is 0.469 e. The van der Waals surface area contributed by atoms with Crippen LogP contribution in [0.3, 0.4) is 0 Å². The number of nitrogens with two attached hydrogens (primary N) is 1. The number of carbonyl (C=O) groups is 1. The highest BCUT2D eigenvalue weighted by atomic mass is 35.5.